The molecule has 1 aliphatic rings. The maximum absolute atomic E-state index is 5.46. The molecule has 0 amide bonds. The van der Waals surface area contributed by atoms with Crippen LogP contribution in [0.1, 0.15) is 19.3 Å². The third kappa shape index (κ3) is 4.07. The number of nitrogens with two attached hydrogens (primary N) is 1. The molecule has 2 N–H and O–H groups in total. The minimum absolute atomic E-state index is 0.240. The highest BCUT2D eigenvalue weighted by atomic mass is 16.5. The predicted octanol–water partition coefficient (Wildman–Crippen LogP) is 0.461. The van der Waals surface area contributed by atoms with Crippen LogP contribution >= 0.6 is 0 Å². The molecule has 0 bridgehead atoms. The van der Waals surface area contributed by atoms with Crippen LogP contribution in [0.5, 0.6) is 0 Å². The molecule has 0 spiro atoms. The quantitative estimate of drug-likeness (QED) is 0.628. The fourth-order valence-electron chi connectivity index (χ4n) is 2.11. The molecule has 1 rings (SSSR count). The molecule has 90 valence electrons. The first kappa shape index (κ1) is 12.9. The van der Waals surface area contributed by atoms with Gasteiger partial charge in [0.05, 0.1) is 12.2 Å². The average molecular weight is 216 g/mol. The third-order valence-electron chi connectivity index (χ3n) is 3.07. The van der Waals surface area contributed by atoms with Gasteiger partial charge in [0, 0.05) is 27.3 Å². The lowest BCUT2D eigenvalue weighted by molar-refractivity contribution is -0.00461. The zero-order chi connectivity index (χ0) is 11.1. The Morgan fingerprint density at radius 3 is 2.13 bits per heavy atom. The van der Waals surface area contributed by atoms with E-state index in [1.165, 1.54) is 12.8 Å². The molecule has 1 heterocycles. The van der Waals surface area contributed by atoms with Gasteiger partial charge in [-0.1, -0.05) is 6.42 Å². The molecule has 4 heteroatoms. The van der Waals surface area contributed by atoms with E-state index in [-0.39, 0.29) is 12.2 Å². The monoisotopic (exact) mass is 216 g/mol. The largest absolute Gasteiger partial charge is 0.377 e. The molecule has 0 aromatic heterocycles. The van der Waals surface area contributed by atoms with Crippen molar-refractivity contribution in [1.82, 2.24) is 4.90 Å². The second kappa shape index (κ2) is 7.17. The SMILES string of the molecule is COC1CN(CCCCCN)CC1OC. The average Bonchev–Trinajstić information content (AvgIpc) is 2.67. The van der Waals surface area contributed by atoms with E-state index in [2.05, 4.69) is 4.90 Å². The molecular formula is C11H24N2O2. The van der Waals surface area contributed by atoms with Gasteiger partial charge >= 0.3 is 0 Å². The summed E-state index contributed by atoms with van der Waals surface area (Å²) in [6.07, 6.45) is 4.07. The summed E-state index contributed by atoms with van der Waals surface area (Å²) < 4.78 is 10.8. The highest BCUT2D eigenvalue weighted by Crippen LogP contribution is 2.16. The second-order valence-corrected chi connectivity index (χ2v) is 4.16. The van der Waals surface area contributed by atoms with Crippen molar-refractivity contribution >= 4 is 0 Å². The van der Waals surface area contributed by atoms with Gasteiger partial charge in [-0.3, -0.25) is 4.90 Å². The van der Waals surface area contributed by atoms with Crippen LogP contribution in [0.2, 0.25) is 0 Å². The fraction of sp³-hybridized carbons (Fsp3) is 1.00. The van der Waals surface area contributed by atoms with Crippen LogP contribution in [0.3, 0.4) is 0 Å². The molecule has 2 atom stereocenters. The third-order valence-corrected chi connectivity index (χ3v) is 3.07. The zero-order valence-electron chi connectivity index (χ0n) is 9.95. The lowest BCUT2D eigenvalue weighted by atomic mass is 10.2. The van der Waals surface area contributed by atoms with Gasteiger partial charge in [-0.15, -0.1) is 0 Å². The molecule has 2 unspecified atom stereocenters. The summed E-state index contributed by atoms with van der Waals surface area (Å²) >= 11 is 0. The van der Waals surface area contributed by atoms with Crippen LogP contribution in [-0.2, 0) is 9.47 Å². The normalized spacial score (nSPS) is 27.4. The van der Waals surface area contributed by atoms with E-state index in [1.54, 1.807) is 14.2 Å². The van der Waals surface area contributed by atoms with Crippen molar-refractivity contribution in [2.45, 2.75) is 31.5 Å². The number of unbranched alkanes of at least 4 members (excludes halogenated alkanes) is 2. The Bertz CT molecular complexity index is 155. The fourth-order valence-corrected chi connectivity index (χ4v) is 2.11. The molecule has 1 fully saturated rings. The molecule has 0 radical (unpaired) electrons. The highest BCUT2D eigenvalue weighted by Gasteiger charge is 2.32. The number of hydrogen-bond acceptors (Lipinski definition) is 4. The molecule has 15 heavy (non-hydrogen) atoms. The Morgan fingerprint density at radius 1 is 1.07 bits per heavy atom. The van der Waals surface area contributed by atoms with Crippen LogP contribution in [0.15, 0.2) is 0 Å². The van der Waals surface area contributed by atoms with E-state index in [9.17, 15) is 0 Å². The van der Waals surface area contributed by atoms with Crippen LogP contribution in [0, 0.1) is 0 Å². The lowest BCUT2D eigenvalue weighted by Crippen LogP contribution is -2.27. The van der Waals surface area contributed by atoms with Gasteiger partial charge in [-0.05, 0) is 25.9 Å². The number of likely N-dealkylation sites (tertiary alicyclic amines) is 1. The van der Waals surface area contributed by atoms with E-state index < -0.39 is 0 Å². The first-order chi connectivity index (χ1) is 7.31. The van der Waals surface area contributed by atoms with E-state index in [0.717, 1.165) is 32.6 Å². The van der Waals surface area contributed by atoms with E-state index in [1.807, 2.05) is 0 Å². The number of ether oxygens (including phenoxy) is 2. The van der Waals surface area contributed by atoms with Crippen molar-refractivity contribution in [3.63, 3.8) is 0 Å². The Morgan fingerprint density at radius 2 is 1.67 bits per heavy atom. The molecule has 1 saturated heterocycles. The van der Waals surface area contributed by atoms with Gasteiger partial charge in [0.1, 0.15) is 0 Å². The smallest absolute Gasteiger partial charge is 0.0971 e. The summed E-state index contributed by atoms with van der Waals surface area (Å²) in [5, 5.41) is 0. The second-order valence-electron chi connectivity index (χ2n) is 4.16. The van der Waals surface area contributed by atoms with Gasteiger partial charge in [0.15, 0.2) is 0 Å². The summed E-state index contributed by atoms with van der Waals surface area (Å²) in [7, 11) is 3.52. The Labute approximate surface area is 92.7 Å². The molecular weight excluding hydrogens is 192 g/mol. The molecule has 4 nitrogen and oxygen atoms in total. The summed E-state index contributed by atoms with van der Waals surface area (Å²) in [6.45, 7) is 3.94. The zero-order valence-corrected chi connectivity index (χ0v) is 9.95. The van der Waals surface area contributed by atoms with E-state index in [0.29, 0.717) is 0 Å². The molecule has 0 saturated carbocycles. The number of hydrogen-bond donors (Lipinski definition) is 1. The minimum Gasteiger partial charge on any atom is -0.377 e. The van der Waals surface area contributed by atoms with Gasteiger partial charge in [-0.25, -0.2) is 0 Å². The summed E-state index contributed by atoms with van der Waals surface area (Å²) in [6, 6.07) is 0. The number of rotatable bonds is 7. The van der Waals surface area contributed by atoms with Crippen molar-refractivity contribution in [3.8, 4) is 0 Å². The van der Waals surface area contributed by atoms with Gasteiger partial charge in [0.25, 0.3) is 0 Å². The molecule has 0 aromatic carbocycles. The molecule has 1 aliphatic heterocycles. The topological polar surface area (TPSA) is 47.7 Å². The Kier molecular flexibility index (Phi) is 6.17. The highest BCUT2D eigenvalue weighted by molar-refractivity contribution is 4.85. The minimum atomic E-state index is 0.240. The Hall–Kier alpha value is -0.160. The van der Waals surface area contributed by atoms with Gasteiger partial charge < -0.3 is 15.2 Å². The lowest BCUT2D eigenvalue weighted by Gasteiger charge is -2.14. The van der Waals surface area contributed by atoms with Crippen LogP contribution in [0.4, 0.5) is 0 Å². The van der Waals surface area contributed by atoms with Crippen molar-refractivity contribution in [3.05, 3.63) is 0 Å². The Balaban J connectivity index is 2.16. The summed E-state index contributed by atoms with van der Waals surface area (Å²) in [4.78, 5) is 2.42. The maximum atomic E-state index is 5.46. The molecule has 0 aliphatic carbocycles. The first-order valence-corrected chi connectivity index (χ1v) is 5.79. The predicted molar refractivity (Wildman–Crippen MR) is 60.9 cm³/mol. The summed E-state index contributed by atoms with van der Waals surface area (Å²) in [5.74, 6) is 0. The van der Waals surface area contributed by atoms with Crippen molar-refractivity contribution in [2.24, 2.45) is 5.73 Å². The standard InChI is InChI=1S/C11H24N2O2/c1-14-10-8-13(9-11(10)15-2)7-5-3-4-6-12/h10-11H,3-9,12H2,1-2H3. The van der Waals surface area contributed by atoms with Crippen LogP contribution < -0.4 is 5.73 Å². The number of nitrogens with zero attached hydrogens (tertiary/aromatic N) is 1. The van der Waals surface area contributed by atoms with Crippen molar-refractivity contribution in [2.75, 3.05) is 40.4 Å². The number of methoxy groups -OCH3 is 2. The molecule has 0 aromatic rings. The van der Waals surface area contributed by atoms with Gasteiger partial charge in [-0.2, -0.15) is 0 Å². The summed E-state index contributed by atoms with van der Waals surface area (Å²) in [5.41, 5.74) is 5.46. The van der Waals surface area contributed by atoms with Crippen LogP contribution in [-0.4, -0.2) is 57.5 Å². The van der Waals surface area contributed by atoms with Crippen molar-refractivity contribution in [1.29, 1.82) is 0 Å². The van der Waals surface area contributed by atoms with Crippen molar-refractivity contribution < 1.29 is 9.47 Å². The van der Waals surface area contributed by atoms with E-state index >= 15 is 0 Å². The van der Waals surface area contributed by atoms with Crippen LogP contribution in [0.25, 0.3) is 0 Å². The first-order valence-electron chi connectivity index (χ1n) is 5.79. The maximum Gasteiger partial charge on any atom is 0.0971 e. The van der Waals surface area contributed by atoms with E-state index in [4.69, 9.17) is 15.2 Å². The van der Waals surface area contributed by atoms with Gasteiger partial charge in [0.2, 0.25) is 0 Å².